The summed E-state index contributed by atoms with van der Waals surface area (Å²) in [6, 6.07) is 17.7. The molecule has 192 valence electrons. The van der Waals surface area contributed by atoms with Gasteiger partial charge in [0.2, 0.25) is 26.0 Å². The van der Waals surface area contributed by atoms with Gasteiger partial charge in [-0.2, -0.15) is 4.72 Å². The molecule has 36 heavy (non-hydrogen) atoms. The van der Waals surface area contributed by atoms with Crippen LogP contribution in [-0.4, -0.2) is 43.0 Å². The minimum absolute atomic E-state index is 0.0487. The quantitative estimate of drug-likeness (QED) is 0.338. The maximum atomic E-state index is 13.2. The van der Waals surface area contributed by atoms with E-state index in [4.69, 9.17) is 14.6 Å². The van der Waals surface area contributed by atoms with Gasteiger partial charge in [0.1, 0.15) is 6.04 Å². The van der Waals surface area contributed by atoms with Crippen molar-refractivity contribution >= 4 is 26.0 Å². The van der Waals surface area contributed by atoms with Crippen molar-refractivity contribution in [2.75, 3.05) is 14.2 Å². The lowest BCUT2D eigenvalue weighted by atomic mass is 10.1. The molecule has 1 atom stereocenters. The smallest absolute Gasteiger partial charge is 0.241 e. The lowest BCUT2D eigenvalue weighted by Gasteiger charge is -2.19. The van der Waals surface area contributed by atoms with E-state index in [1.54, 1.807) is 24.3 Å². The summed E-state index contributed by atoms with van der Waals surface area (Å²) in [5, 5.41) is 7.81. The number of hydrogen-bond acceptors (Lipinski definition) is 7. The van der Waals surface area contributed by atoms with Crippen LogP contribution in [0.25, 0.3) is 0 Å². The van der Waals surface area contributed by atoms with Gasteiger partial charge in [-0.25, -0.2) is 22.0 Å². The molecule has 0 radical (unpaired) electrons. The van der Waals surface area contributed by atoms with Crippen LogP contribution in [0.1, 0.15) is 11.1 Å². The standard InChI is InChI=1S/C24H27N3O7S2/c1-33-22-13-12-20(15-23(22)34-2)36(31,32)27-21(14-17-6-4-3-5-7-17)24(28)26-16-18-8-10-19(11-9-18)35(25,29)30/h3-13,15,21,27H,14,16H2,1-2H3,(H,26,28)(H2,25,29,30)/t21-/m0/s1. The Bertz CT molecular complexity index is 1410. The molecule has 0 bridgehead atoms. The van der Waals surface area contributed by atoms with Crippen LogP contribution < -0.4 is 24.7 Å². The minimum Gasteiger partial charge on any atom is -0.493 e. The van der Waals surface area contributed by atoms with Crippen LogP contribution in [0.2, 0.25) is 0 Å². The maximum absolute atomic E-state index is 13.2. The first-order valence-electron chi connectivity index (χ1n) is 10.7. The number of sulfonamides is 2. The predicted octanol–water partition coefficient (Wildman–Crippen LogP) is 1.56. The zero-order chi connectivity index (χ0) is 26.3. The number of rotatable bonds is 11. The zero-order valence-corrected chi connectivity index (χ0v) is 21.3. The summed E-state index contributed by atoms with van der Waals surface area (Å²) in [6.45, 7) is 0.0487. The molecule has 0 heterocycles. The predicted molar refractivity (Wildman–Crippen MR) is 133 cm³/mol. The number of amides is 1. The highest BCUT2D eigenvalue weighted by molar-refractivity contribution is 7.89. The normalized spacial score (nSPS) is 12.5. The number of nitrogens with two attached hydrogens (primary N) is 1. The van der Waals surface area contributed by atoms with Crippen molar-refractivity contribution in [1.82, 2.24) is 10.0 Å². The molecule has 0 saturated carbocycles. The van der Waals surface area contributed by atoms with E-state index in [9.17, 15) is 21.6 Å². The van der Waals surface area contributed by atoms with E-state index in [-0.39, 0.29) is 28.5 Å². The molecule has 0 aliphatic heterocycles. The van der Waals surface area contributed by atoms with Gasteiger partial charge >= 0.3 is 0 Å². The number of methoxy groups -OCH3 is 2. The molecule has 0 unspecified atom stereocenters. The highest BCUT2D eigenvalue weighted by atomic mass is 32.2. The Balaban J connectivity index is 1.81. The molecule has 0 saturated heterocycles. The van der Waals surface area contributed by atoms with Crippen molar-refractivity contribution in [3.8, 4) is 11.5 Å². The fourth-order valence-corrected chi connectivity index (χ4v) is 5.11. The summed E-state index contributed by atoms with van der Waals surface area (Å²) in [5.41, 5.74) is 1.36. The first-order chi connectivity index (χ1) is 17.0. The number of primary sulfonamides is 1. The molecule has 3 aromatic rings. The second-order valence-electron chi connectivity index (χ2n) is 7.79. The minimum atomic E-state index is -4.11. The second-order valence-corrected chi connectivity index (χ2v) is 11.1. The number of carbonyl (C=O) groups is 1. The monoisotopic (exact) mass is 533 g/mol. The molecule has 0 fully saturated rings. The molecular weight excluding hydrogens is 506 g/mol. The van der Waals surface area contributed by atoms with Crippen LogP contribution in [0.15, 0.2) is 82.6 Å². The van der Waals surface area contributed by atoms with Crippen molar-refractivity contribution in [3.63, 3.8) is 0 Å². The van der Waals surface area contributed by atoms with Crippen molar-refractivity contribution in [2.24, 2.45) is 5.14 Å². The van der Waals surface area contributed by atoms with Crippen LogP contribution in [0.5, 0.6) is 11.5 Å². The molecule has 12 heteroatoms. The highest BCUT2D eigenvalue weighted by Gasteiger charge is 2.27. The van der Waals surface area contributed by atoms with Gasteiger partial charge in [-0.05, 0) is 41.8 Å². The SMILES string of the molecule is COc1ccc(S(=O)(=O)N[C@@H](Cc2ccccc2)C(=O)NCc2ccc(S(N)(=O)=O)cc2)cc1OC. The molecular formula is C24H27N3O7S2. The summed E-state index contributed by atoms with van der Waals surface area (Å²) in [7, 11) is -5.12. The first-order valence-corrected chi connectivity index (χ1v) is 13.7. The van der Waals surface area contributed by atoms with Gasteiger partial charge in [-0.15, -0.1) is 0 Å². The van der Waals surface area contributed by atoms with Crippen molar-refractivity contribution < 1.29 is 31.1 Å². The Kier molecular flexibility index (Phi) is 8.69. The number of ether oxygens (including phenoxy) is 2. The van der Waals surface area contributed by atoms with E-state index in [0.717, 1.165) is 5.56 Å². The van der Waals surface area contributed by atoms with Crippen molar-refractivity contribution in [2.45, 2.75) is 28.8 Å². The number of carbonyl (C=O) groups excluding carboxylic acids is 1. The summed E-state index contributed by atoms with van der Waals surface area (Å²) < 4.78 is 62.0. The van der Waals surface area contributed by atoms with Crippen molar-refractivity contribution in [1.29, 1.82) is 0 Å². The van der Waals surface area contributed by atoms with E-state index in [1.165, 1.54) is 56.7 Å². The van der Waals surface area contributed by atoms with Gasteiger partial charge < -0.3 is 14.8 Å². The van der Waals surface area contributed by atoms with E-state index in [1.807, 2.05) is 6.07 Å². The zero-order valence-electron chi connectivity index (χ0n) is 19.7. The van der Waals surface area contributed by atoms with Crippen LogP contribution in [0, 0.1) is 0 Å². The third kappa shape index (κ3) is 7.04. The topological polar surface area (TPSA) is 154 Å². The lowest BCUT2D eigenvalue weighted by molar-refractivity contribution is -0.122. The van der Waals surface area contributed by atoms with Crippen LogP contribution in [-0.2, 0) is 37.8 Å². The molecule has 0 spiro atoms. The first kappa shape index (κ1) is 27.1. The average Bonchev–Trinajstić information content (AvgIpc) is 2.86. The van der Waals surface area contributed by atoms with Crippen LogP contribution in [0.4, 0.5) is 0 Å². The van der Waals surface area contributed by atoms with Gasteiger partial charge in [0, 0.05) is 12.6 Å². The molecule has 4 N–H and O–H groups in total. The van der Waals surface area contributed by atoms with E-state index in [0.29, 0.717) is 11.3 Å². The third-order valence-corrected chi connectivity index (χ3v) is 7.68. The summed E-state index contributed by atoms with van der Waals surface area (Å²) in [5.74, 6) is 0.0364. The fourth-order valence-electron chi connectivity index (χ4n) is 3.39. The Labute approximate surface area is 210 Å². The van der Waals surface area contributed by atoms with Gasteiger partial charge in [0.15, 0.2) is 11.5 Å². The van der Waals surface area contributed by atoms with Gasteiger partial charge in [0.05, 0.1) is 24.0 Å². The molecule has 10 nitrogen and oxygen atoms in total. The average molecular weight is 534 g/mol. The Morgan fingerprint density at radius 3 is 2.03 bits per heavy atom. The highest BCUT2D eigenvalue weighted by Crippen LogP contribution is 2.29. The van der Waals surface area contributed by atoms with E-state index in [2.05, 4.69) is 10.0 Å². The molecule has 0 aromatic heterocycles. The van der Waals surface area contributed by atoms with Gasteiger partial charge in [-0.3, -0.25) is 4.79 Å². The Hall–Kier alpha value is -3.45. The molecule has 1 amide bonds. The Morgan fingerprint density at radius 2 is 1.44 bits per heavy atom. The third-order valence-electron chi connectivity index (χ3n) is 5.28. The van der Waals surface area contributed by atoms with Crippen LogP contribution in [0.3, 0.4) is 0 Å². The number of hydrogen-bond donors (Lipinski definition) is 3. The Morgan fingerprint density at radius 1 is 0.833 bits per heavy atom. The van der Waals surface area contributed by atoms with E-state index < -0.39 is 32.0 Å². The largest absolute Gasteiger partial charge is 0.493 e. The summed E-state index contributed by atoms with van der Waals surface area (Å²) in [4.78, 5) is 12.9. The van der Waals surface area contributed by atoms with Crippen molar-refractivity contribution in [3.05, 3.63) is 83.9 Å². The summed E-state index contributed by atoms with van der Waals surface area (Å²) in [6.07, 6.45) is 0.101. The van der Waals surface area contributed by atoms with Gasteiger partial charge in [0.25, 0.3) is 0 Å². The lowest BCUT2D eigenvalue weighted by Crippen LogP contribution is -2.47. The maximum Gasteiger partial charge on any atom is 0.241 e. The second kappa shape index (κ2) is 11.5. The molecule has 3 rings (SSSR count). The fraction of sp³-hybridized carbons (Fsp3) is 0.208. The number of nitrogens with one attached hydrogen (secondary N) is 2. The molecule has 0 aliphatic carbocycles. The van der Waals surface area contributed by atoms with E-state index >= 15 is 0 Å². The summed E-state index contributed by atoms with van der Waals surface area (Å²) >= 11 is 0. The van der Waals surface area contributed by atoms with Crippen LogP contribution >= 0.6 is 0 Å². The molecule has 0 aliphatic rings. The molecule has 3 aromatic carbocycles. The number of benzene rings is 3. The van der Waals surface area contributed by atoms with Gasteiger partial charge in [-0.1, -0.05) is 42.5 Å².